The Balaban J connectivity index is 1.59. The molecule has 0 saturated heterocycles. The Morgan fingerprint density at radius 1 is 0.969 bits per heavy atom. The Morgan fingerprint density at radius 3 is 2.47 bits per heavy atom. The van der Waals surface area contributed by atoms with Crippen LogP contribution in [-0.2, 0) is 13.0 Å². The molecule has 0 atom stereocenters. The highest BCUT2D eigenvalue weighted by molar-refractivity contribution is 5.95. The molecule has 0 bridgehead atoms. The topological polar surface area (TPSA) is 80.9 Å². The van der Waals surface area contributed by atoms with E-state index in [2.05, 4.69) is 11.9 Å². The lowest BCUT2D eigenvalue weighted by molar-refractivity contribution is 0.0697. The van der Waals surface area contributed by atoms with E-state index in [0.717, 1.165) is 54.1 Å². The molecule has 4 rings (SSSR count). The quantitative estimate of drug-likeness (QED) is 0.358. The smallest absolute Gasteiger partial charge is 0.336 e. The summed E-state index contributed by atoms with van der Waals surface area (Å²) in [5, 5.41) is 14.2. The maximum absolute atomic E-state index is 11.5. The van der Waals surface area contributed by atoms with Gasteiger partial charge in [0.2, 0.25) is 0 Å². The van der Waals surface area contributed by atoms with Crippen LogP contribution in [0.5, 0.6) is 0 Å². The Morgan fingerprint density at radius 2 is 1.75 bits per heavy atom. The average Bonchev–Trinajstić information content (AvgIpc) is 3.23. The van der Waals surface area contributed by atoms with Crippen molar-refractivity contribution in [1.82, 2.24) is 19.7 Å². The molecule has 6 nitrogen and oxygen atoms in total. The van der Waals surface area contributed by atoms with Crippen LogP contribution in [0, 0.1) is 0 Å². The minimum Gasteiger partial charge on any atom is -0.478 e. The lowest BCUT2D eigenvalue weighted by Crippen LogP contribution is -2.07. The third-order valence-corrected chi connectivity index (χ3v) is 5.43. The van der Waals surface area contributed by atoms with Gasteiger partial charge < -0.3 is 5.11 Å². The van der Waals surface area contributed by atoms with Gasteiger partial charge in [0.15, 0.2) is 5.82 Å². The molecule has 32 heavy (non-hydrogen) atoms. The van der Waals surface area contributed by atoms with Crippen molar-refractivity contribution in [1.29, 1.82) is 0 Å². The number of rotatable bonds is 9. The van der Waals surface area contributed by atoms with Crippen molar-refractivity contribution < 1.29 is 9.90 Å². The lowest BCUT2D eigenvalue weighted by atomic mass is 10.00. The zero-order valence-corrected chi connectivity index (χ0v) is 18.1. The number of aromatic nitrogens is 4. The number of carboxylic acids is 1. The third-order valence-electron chi connectivity index (χ3n) is 5.43. The molecule has 4 aromatic rings. The van der Waals surface area contributed by atoms with Gasteiger partial charge in [-0.1, -0.05) is 74.4 Å². The van der Waals surface area contributed by atoms with Crippen molar-refractivity contribution in [3.63, 3.8) is 0 Å². The molecule has 0 saturated carbocycles. The number of nitrogens with zero attached hydrogens (tertiary/aromatic N) is 4. The van der Waals surface area contributed by atoms with E-state index in [0.29, 0.717) is 12.0 Å². The van der Waals surface area contributed by atoms with Gasteiger partial charge in [-0.2, -0.15) is 5.10 Å². The van der Waals surface area contributed by atoms with Gasteiger partial charge in [0, 0.05) is 36.5 Å². The summed E-state index contributed by atoms with van der Waals surface area (Å²) in [6, 6.07) is 19.5. The van der Waals surface area contributed by atoms with Crippen LogP contribution < -0.4 is 0 Å². The van der Waals surface area contributed by atoms with E-state index < -0.39 is 5.97 Å². The summed E-state index contributed by atoms with van der Waals surface area (Å²) in [5.41, 5.74) is 3.79. The van der Waals surface area contributed by atoms with E-state index in [9.17, 15) is 9.90 Å². The minimum atomic E-state index is -0.958. The number of aromatic carboxylic acids is 1. The Bertz CT molecular complexity index is 1180. The molecule has 0 radical (unpaired) electrons. The van der Waals surface area contributed by atoms with Crippen LogP contribution in [0.4, 0.5) is 0 Å². The second-order valence-electron chi connectivity index (χ2n) is 7.75. The third kappa shape index (κ3) is 4.91. The summed E-state index contributed by atoms with van der Waals surface area (Å²) < 4.78 is 2.02. The van der Waals surface area contributed by atoms with E-state index in [1.54, 1.807) is 6.20 Å². The summed E-state index contributed by atoms with van der Waals surface area (Å²) >= 11 is 0. The molecule has 0 spiro atoms. The molecule has 0 amide bonds. The number of hydrogen-bond acceptors (Lipinski definition) is 4. The fourth-order valence-electron chi connectivity index (χ4n) is 3.70. The zero-order valence-electron chi connectivity index (χ0n) is 18.1. The second-order valence-corrected chi connectivity index (χ2v) is 7.75. The molecule has 0 aliphatic heterocycles. The van der Waals surface area contributed by atoms with E-state index in [1.807, 2.05) is 59.3 Å². The Hall–Kier alpha value is -3.80. The number of benzene rings is 2. The number of carbonyl (C=O) groups is 1. The van der Waals surface area contributed by atoms with Crippen molar-refractivity contribution >= 4 is 5.97 Å². The maximum Gasteiger partial charge on any atom is 0.336 e. The number of aryl methyl sites for hydroxylation is 1. The van der Waals surface area contributed by atoms with Gasteiger partial charge >= 0.3 is 5.97 Å². The highest BCUT2D eigenvalue weighted by atomic mass is 16.4. The Labute approximate surface area is 187 Å². The molecule has 0 fully saturated rings. The van der Waals surface area contributed by atoms with Gasteiger partial charge in [-0.3, -0.25) is 4.98 Å². The van der Waals surface area contributed by atoms with Crippen molar-refractivity contribution in [2.24, 2.45) is 0 Å². The predicted molar refractivity (Wildman–Crippen MR) is 124 cm³/mol. The van der Waals surface area contributed by atoms with Crippen LogP contribution in [-0.4, -0.2) is 30.8 Å². The fraction of sp³-hybridized carbons (Fsp3) is 0.231. The highest BCUT2D eigenvalue weighted by Crippen LogP contribution is 2.24. The van der Waals surface area contributed by atoms with Crippen LogP contribution in [0.15, 0.2) is 73.1 Å². The van der Waals surface area contributed by atoms with Crippen LogP contribution in [0.25, 0.3) is 22.5 Å². The van der Waals surface area contributed by atoms with E-state index in [4.69, 9.17) is 10.1 Å². The summed E-state index contributed by atoms with van der Waals surface area (Å²) in [6.45, 7) is 3.04. The highest BCUT2D eigenvalue weighted by Gasteiger charge is 2.14. The number of unbranched alkanes of at least 4 members (excludes halogenated alkanes) is 2. The maximum atomic E-state index is 11.5. The predicted octanol–water partition coefficient (Wildman–Crippen LogP) is 5.49. The van der Waals surface area contributed by atoms with Crippen LogP contribution >= 0.6 is 0 Å². The van der Waals surface area contributed by atoms with Crippen molar-refractivity contribution in [3.8, 4) is 22.5 Å². The first-order chi connectivity index (χ1) is 15.7. The molecule has 2 aromatic heterocycles. The largest absolute Gasteiger partial charge is 0.478 e. The summed E-state index contributed by atoms with van der Waals surface area (Å²) in [7, 11) is 0. The van der Waals surface area contributed by atoms with Gasteiger partial charge in [-0.15, -0.1) is 0 Å². The van der Waals surface area contributed by atoms with Crippen molar-refractivity contribution in [2.45, 2.75) is 39.2 Å². The fourth-order valence-corrected chi connectivity index (χ4v) is 3.70. The molecular formula is C26H26N4O2. The summed E-state index contributed by atoms with van der Waals surface area (Å²) in [6.07, 6.45) is 7.13. The van der Waals surface area contributed by atoms with Gasteiger partial charge in [-0.05, 0) is 23.6 Å². The lowest BCUT2D eigenvalue weighted by Gasteiger charge is -2.08. The normalized spacial score (nSPS) is 10.9. The first-order valence-electron chi connectivity index (χ1n) is 10.9. The van der Waals surface area contributed by atoms with Gasteiger partial charge in [0.05, 0.1) is 5.56 Å². The van der Waals surface area contributed by atoms with Crippen LogP contribution in [0.1, 0.15) is 47.9 Å². The molecule has 0 aliphatic carbocycles. The van der Waals surface area contributed by atoms with Crippen LogP contribution in [0.2, 0.25) is 0 Å². The first-order valence-corrected chi connectivity index (χ1v) is 10.9. The average molecular weight is 427 g/mol. The SMILES string of the molecule is CCCCCn1nc(-c2ccccc2)nc1Cc1ccc(-c2cnccc2C(=O)O)cc1. The second kappa shape index (κ2) is 10.0. The minimum absolute atomic E-state index is 0.246. The first kappa shape index (κ1) is 21.4. The number of pyridine rings is 1. The molecule has 0 unspecified atom stereocenters. The molecule has 6 heteroatoms. The van der Waals surface area contributed by atoms with Crippen molar-refractivity contribution in [3.05, 3.63) is 90.0 Å². The summed E-state index contributed by atoms with van der Waals surface area (Å²) in [4.78, 5) is 20.4. The summed E-state index contributed by atoms with van der Waals surface area (Å²) in [5.74, 6) is 0.718. The standard InChI is InChI=1S/C26H26N4O2/c1-2-3-7-16-30-24(28-25(29-30)21-8-5-4-6-9-21)17-19-10-12-20(13-11-19)23-18-27-15-14-22(23)26(31)32/h4-6,8-15,18H,2-3,7,16-17H2,1H3,(H,31,32). The number of carboxylic acid groups (broad SMARTS) is 1. The molecule has 0 aliphatic rings. The van der Waals surface area contributed by atoms with Gasteiger partial charge in [0.1, 0.15) is 5.82 Å². The van der Waals surface area contributed by atoms with Gasteiger partial charge in [0.25, 0.3) is 0 Å². The molecule has 162 valence electrons. The molecule has 1 N–H and O–H groups in total. The monoisotopic (exact) mass is 426 g/mol. The molecular weight excluding hydrogens is 400 g/mol. The molecule has 2 aromatic carbocycles. The van der Waals surface area contributed by atoms with Crippen LogP contribution in [0.3, 0.4) is 0 Å². The van der Waals surface area contributed by atoms with E-state index >= 15 is 0 Å². The number of hydrogen-bond donors (Lipinski definition) is 1. The van der Waals surface area contributed by atoms with E-state index in [1.165, 1.54) is 12.3 Å². The Kier molecular flexibility index (Phi) is 6.70. The zero-order chi connectivity index (χ0) is 22.3. The molecule has 2 heterocycles. The van der Waals surface area contributed by atoms with Crippen molar-refractivity contribution in [2.75, 3.05) is 0 Å². The van der Waals surface area contributed by atoms with E-state index in [-0.39, 0.29) is 5.56 Å². The van der Waals surface area contributed by atoms with Gasteiger partial charge in [-0.25, -0.2) is 14.5 Å².